The van der Waals surface area contributed by atoms with Crippen molar-refractivity contribution in [3.05, 3.63) is 59.4 Å². The molecule has 1 aromatic carbocycles. The van der Waals surface area contributed by atoms with Gasteiger partial charge in [-0.3, -0.25) is 9.97 Å². The van der Waals surface area contributed by atoms with Gasteiger partial charge in [-0.25, -0.2) is 4.39 Å². The molecule has 2 aliphatic rings. The average Bonchev–Trinajstić information content (AvgIpc) is 2.99. The first-order valence-electron chi connectivity index (χ1n) is 9.48. The highest BCUT2D eigenvalue weighted by molar-refractivity contribution is 5.27. The molecule has 2 heterocycles. The van der Waals surface area contributed by atoms with Crippen molar-refractivity contribution in [3.63, 3.8) is 0 Å². The second-order valence-corrected chi connectivity index (χ2v) is 7.63. The van der Waals surface area contributed by atoms with Crippen LogP contribution in [0, 0.1) is 11.7 Å². The Morgan fingerprint density at radius 3 is 2.44 bits per heavy atom. The van der Waals surface area contributed by atoms with E-state index in [0.717, 1.165) is 32.0 Å². The van der Waals surface area contributed by atoms with E-state index in [2.05, 4.69) is 21.8 Å². The van der Waals surface area contributed by atoms with Crippen LogP contribution in [0.2, 0.25) is 0 Å². The number of aromatic nitrogens is 2. The molecule has 1 aliphatic carbocycles. The minimum absolute atomic E-state index is 0.154. The van der Waals surface area contributed by atoms with E-state index in [4.69, 9.17) is 0 Å². The Labute approximate surface area is 149 Å². The summed E-state index contributed by atoms with van der Waals surface area (Å²) in [6.07, 6.45) is 8.38. The maximum atomic E-state index is 13.0. The van der Waals surface area contributed by atoms with Crippen molar-refractivity contribution in [3.8, 4) is 0 Å². The van der Waals surface area contributed by atoms with Crippen molar-refractivity contribution in [2.24, 2.45) is 5.92 Å². The third kappa shape index (κ3) is 3.59. The lowest BCUT2D eigenvalue weighted by molar-refractivity contribution is 0.167. The van der Waals surface area contributed by atoms with Gasteiger partial charge in [-0.2, -0.15) is 0 Å². The molecule has 0 saturated carbocycles. The van der Waals surface area contributed by atoms with Crippen LogP contribution in [0.15, 0.2) is 36.7 Å². The molecule has 4 heteroatoms. The fraction of sp³-hybridized carbons (Fsp3) is 0.524. The van der Waals surface area contributed by atoms with E-state index in [-0.39, 0.29) is 5.82 Å². The first-order chi connectivity index (χ1) is 12.2. The summed E-state index contributed by atoms with van der Waals surface area (Å²) in [4.78, 5) is 11.8. The first-order valence-corrected chi connectivity index (χ1v) is 9.48. The molecule has 0 N–H and O–H groups in total. The van der Waals surface area contributed by atoms with Crippen LogP contribution in [0.4, 0.5) is 4.39 Å². The summed E-state index contributed by atoms with van der Waals surface area (Å²) >= 11 is 0. The lowest BCUT2D eigenvalue weighted by Gasteiger charge is -2.35. The topological polar surface area (TPSA) is 29.0 Å². The number of piperidine rings is 1. The molecular formula is C21H26FN3. The number of benzene rings is 1. The molecule has 0 spiro atoms. The molecule has 2 unspecified atom stereocenters. The fourth-order valence-corrected chi connectivity index (χ4v) is 4.56. The third-order valence-electron chi connectivity index (χ3n) is 6.01. The third-order valence-corrected chi connectivity index (χ3v) is 6.01. The summed E-state index contributed by atoms with van der Waals surface area (Å²) in [5.74, 6) is 1.73. The van der Waals surface area contributed by atoms with Gasteiger partial charge in [0.05, 0.1) is 11.4 Å². The van der Waals surface area contributed by atoms with Crippen molar-refractivity contribution < 1.29 is 4.39 Å². The molecule has 3 nitrogen and oxygen atoms in total. The van der Waals surface area contributed by atoms with Gasteiger partial charge in [-0.05, 0) is 62.4 Å². The van der Waals surface area contributed by atoms with Crippen LogP contribution in [0.25, 0.3) is 0 Å². The highest BCUT2D eigenvalue weighted by atomic mass is 19.1. The molecule has 25 heavy (non-hydrogen) atoms. The van der Waals surface area contributed by atoms with E-state index in [1.54, 1.807) is 12.1 Å². The minimum Gasteiger partial charge on any atom is -0.303 e. The maximum Gasteiger partial charge on any atom is 0.123 e. The summed E-state index contributed by atoms with van der Waals surface area (Å²) < 4.78 is 13.0. The average molecular weight is 339 g/mol. The van der Waals surface area contributed by atoms with Crippen LogP contribution in [-0.2, 0) is 6.42 Å². The van der Waals surface area contributed by atoms with Gasteiger partial charge < -0.3 is 4.90 Å². The molecule has 0 bridgehead atoms. The van der Waals surface area contributed by atoms with E-state index in [9.17, 15) is 4.39 Å². The standard InChI is InChI=1S/C21H26FN3/c1-15-14-19(21-20(15)23-9-10-24-21)17-7-12-25(13-8-17)11-6-16-2-4-18(22)5-3-16/h2-5,9-10,15,17,19H,6-8,11-14H2,1H3. The van der Waals surface area contributed by atoms with Crippen LogP contribution < -0.4 is 0 Å². The number of likely N-dealkylation sites (tertiary alicyclic amines) is 1. The Balaban J connectivity index is 1.31. The van der Waals surface area contributed by atoms with E-state index >= 15 is 0 Å². The quantitative estimate of drug-likeness (QED) is 0.837. The van der Waals surface area contributed by atoms with E-state index in [1.165, 1.54) is 36.2 Å². The van der Waals surface area contributed by atoms with E-state index in [1.807, 2.05) is 24.5 Å². The second kappa shape index (κ2) is 7.20. The van der Waals surface area contributed by atoms with Gasteiger partial charge in [0, 0.05) is 30.8 Å². The van der Waals surface area contributed by atoms with E-state index in [0.29, 0.717) is 11.8 Å². The zero-order chi connectivity index (χ0) is 17.2. The van der Waals surface area contributed by atoms with Gasteiger partial charge in [-0.1, -0.05) is 19.1 Å². The zero-order valence-electron chi connectivity index (χ0n) is 14.9. The normalized spacial score (nSPS) is 24.4. The highest BCUT2D eigenvalue weighted by Gasteiger charge is 2.37. The van der Waals surface area contributed by atoms with Gasteiger partial charge in [-0.15, -0.1) is 0 Å². The summed E-state index contributed by atoms with van der Waals surface area (Å²) in [5, 5.41) is 0. The molecule has 2 aromatic rings. The van der Waals surface area contributed by atoms with Gasteiger partial charge >= 0.3 is 0 Å². The van der Waals surface area contributed by atoms with Crippen molar-refractivity contribution in [2.45, 2.75) is 44.4 Å². The SMILES string of the molecule is CC1CC(C2CCN(CCc3ccc(F)cc3)CC2)c2nccnc21. The lowest BCUT2D eigenvalue weighted by Crippen LogP contribution is -2.36. The number of hydrogen-bond acceptors (Lipinski definition) is 3. The molecule has 1 saturated heterocycles. The van der Waals surface area contributed by atoms with Gasteiger partial charge in [0.1, 0.15) is 5.82 Å². The molecule has 2 atom stereocenters. The van der Waals surface area contributed by atoms with Crippen molar-refractivity contribution >= 4 is 0 Å². The smallest absolute Gasteiger partial charge is 0.123 e. The molecule has 1 fully saturated rings. The zero-order valence-corrected chi connectivity index (χ0v) is 14.9. The molecule has 0 amide bonds. The molecule has 1 aliphatic heterocycles. The second-order valence-electron chi connectivity index (χ2n) is 7.63. The van der Waals surface area contributed by atoms with Crippen LogP contribution in [-0.4, -0.2) is 34.5 Å². The number of hydrogen-bond donors (Lipinski definition) is 0. The maximum absolute atomic E-state index is 13.0. The minimum atomic E-state index is -0.154. The number of halogens is 1. The Morgan fingerprint density at radius 1 is 1.04 bits per heavy atom. The number of rotatable bonds is 4. The summed E-state index contributed by atoms with van der Waals surface area (Å²) in [5.41, 5.74) is 3.71. The van der Waals surface area contributed by atoms with Gasteiger partial charge in [0.25, 0.3) is 0 Å². The number of fused-ring (bicyclic) bond motifs is 1. The molecule has 132 valence electrons. The predicted molar refractivity (Wildman–Crippen MR) is 97.1 cm³/mol. The van der Waals surface area contributed by atoms with Crippen LogP contribution >= 0.6 is 0 Å². The van der Waals surface area contributed by atoms with Crippen LogP contribution in [0.5, 0.6) is 0 Å². The molecule has 4 rings (SSSR count). The molecule has 0 radical (unpaired) electrons. The van der Waals surface area contributed by atoms with Crippen LogP contribution in [0.3, 0.4) is 0 Å². The van der Waals surface area contributed by atoms with Crippen LogP contribution in [0.1, 0.15) is 55.0 Å². The van der Waals surface area contributed by atoms with Crippen molar-refractivity contribution in [2.75, 3.05) is 19.6 Å². The Morgan fingerprint density at radius 2 is 1.72 bits per heavy atom. The molecular weight excluding hydrogens is 313 g/mol. The van der Waals surface area contributed by atoms with Crippen molar-refractivity contribution in [1.29, 1.82) is 0 Å². The summed E-state index contributed by atoms with van der Waals surface area (Å²) in [6, 6.07) is 6.91. The monoisotopic (exact) mass is 339 g/mol. The van der Waals surface area contributed by atoms with Gasteiger partial charge in [0.15, 0.2) is 0 Å². The summed E-state index contributed by atoms with van der Waals surface area (Å²) in [6.45, 7) is 5.67. The van der Waals surface area contributed by atoms with Crippen molar-refractivity contribution in [1.82, 2.24) is 14.9 Å². The lowest BCUT2D eigenvalue weighted by atomic mass is 9.82. The Bertz CT molecular complexity index is 707. The Hall–Kier alpha value is -1.81. The first kappa shape index (κ1) is 16.6. The number of nitrogens with zero attached hydrogens (tertiary/aromatic N) is 3. The fourth-order valence-electron chi connectivity index (χ4n) is 4.56. The van der Waals surface area contributed by atoms with E-state index < -0.39 is 0 Å². The Kier molecular flexibility index (Phi) is 4.80. The predicted octanol–water partition coefficient (Wildman–Crippen LogP) is 4.16. The highest BCUT2D eigenvalue weighted by Crippen LogP contribution is 2.45. The summed E-state index contributed by atoms with van der Waals surface area (Å²) in [7, 11) is 0. The molecule has 1 aromatic heterocycles. The van der Waals surface area contributed by atoms with Gasteiger partial charge in [0.2, 0.25) is 0 Å². The largest absolute Gasteiger partial charge is 0.303 e.